The van der Waals surface area contributed by atoms with E-state index in [1.807, 2.05) is 6.07 Å². The minimum absolute atomic E-state index is 0.825. The Morgan fingerprint density at radius 2 is 1.07 bits per heavy atom. The molecule has 27 heavy (non-hydrogen) atoms. The summed E-state index contributed by atoms with van der Waals surface area (Å²) < 4.78 is 11.9. The van der Waals surface area contributed by atoms with E-state index in [-0.39, 0.29) is 0 Å². The first kappa shape index (κ1) is 23.9. The number of hydrogen-bond donors (Lipinski definition) is 0. The van der Waals surface area contributed by atoms with Crippen molar-refractivity contribution >= 4 is 0 Å². The van der Waals surface area contributed by atoms with Gasteiger partial charge in [0.15, 0.2) is 0 Å². The van der Waals surface area contributed by atoms with Crippen LogP contribution in [0.3, 0.4) is 0 Å². The van der Waals surface area contributed by atoms with Crippen molar-refractivity contribution in [1.29, 1.82) is 0 Å². The quantitative estimate of drug-likeness (QED) is 0.240. The highest BCUT2D eigenvalue weighted by molar-refractivity contribution is 5.39. The zero-order valence-corrected chi connectivity index (χ0v) is 18.4. The van der Waals surface area contributed by atoms with Crippen LogP contribution in [0.2, 0.25) is 0 Å². The van der Waals surface area contributed by atoms with E-state index in [0.29, 0.717) is 0 Å². The molecule has 0 amide bonds. The van der Waals surface area contributed by atoms with E-state index in [1.165, 1.54) is 82.6 Å². The Bertz CT molecular complexity index is 456. The van der Waals surface area contributed by atoms with Gasteiger partial charge in [0, 0.05) is 0 Å². The highest BCUT2D eigenvalue weighted by atomic mass is 16.5. The molecule has 0 radical (unpaired) electrons. The number of rotatable bonds is 18. The molecule has 2 heteroatoms. The first-order valence-corrected chi connectivity index (χ1v) is 11.6. The Morgan fingerprint density at radius 1 is 0.593 bits per heavy atom. The molecular weight excluding hydrogens is 332 g/mol. The van der Waals surface area contributed by atoms with Gasteiger partial charge >= 0.3 is 0 Å². The largest absolute Gasteiger partial charge is 0.494 e. The predicted molar refractivity (Wildman–Crippen MR) is 118 cm³/mol. The monoisotopic (exact) mass is 376 g/mol. The molecule has 156 valence electrons. The zero-order chi connectivity index (χ0) is 19.6. The molecular formula is C25H44O2. The summed E-state index contributed by atoms with van der Waals surface area (Å²) in [5.74, 6) is 1.98. The SMILES string of the molecule is CCCCCCCCCOc1ccc(OCCCCCCCCC)c(C)c1. The molecule has 1 aromatic carbocycles. The lowest BCUT2D eigenvalue weighted by molar-refractivity contribution is 0.294. The third-order valence-electron chi connectivity index (χ3n) is 5.17. The molecule has 0 spiro atoms. The zero-order valence-electron chi connectivity index (χ0n) is 18.4. The molecule has 0 bridgehead atoms. The van der Waals surface area contributed by atoms with Crippen molar-refractivity contribution in [3.8, 4) is 11.5 Å². The Morgan fingerprint density at radius 3 is 1.59 bits per heavy atom. The molecule has 1 aromatic rings. The summed E-state index contributed by atoms with van der Waals surface area (Å²) in [6.45, 7) is 8.29. The average Bonchev–Trinajstić information content (AvgIpc) is 2.67. The Balaban J connectivity index is 2.09. The maximum atomic E-state index is 5.95. The predicted octanol–water partition coefficient (Wildman–Crippen LogP) is 8.25. The van der Waals surface area contributed by atoms with E-state index in [4.69, 9.17) is 9.47 Å². The van der Waals surface area contributed by atoms with Gasteiger partial charge in [-0.25, -0.2) is 0 Å². The smallest absolute Gasteiger partial charge is 0.122 e. The standard InChI is InChI=1S/C25H44O2/c1-4-6-8-10-12-14-16-20-26-24-18-19-25(23(3)22-24)27-21-17-15-13-11-9-7-5-2/h18-19,22H,4-17,20-21H2,1-3H3. The minimum atomic E-state index is 0.825. The van der Waals surface area contributed by atoms with E-state index in [9.17, 15) is 0 Å². The number of ether oxygens (including phenoxy) is 2. The van der Waals surface area contributed by atoms with Crippen molar-refractivity contribution in [3.05, 3.63) is 23.8 Å². The molecule has 0 aliphatic rings. The number of benzene rings is 1. The first-order valence-electron chi connectivity index (χ1n) is 11.6. The summed E-state index contributed by atoms with van der Waals surface area (Å²) in [7, 11) is 0. The second-order valence-electron chi connectivity index (χ2n) is 7.87. The van der Waals surface area contributed by atoms with E-state index in [1.54, 1.807) is 0 Å². The van der Waals surface area contributed by atoms with Crippen LogP contribution in [-0.2, 0) is 0 Å². The van der Waals surface area contributed by atoms with Crippen LogP contribution in [0.1, 0.15) is 109 Å². The fourth-order valence-corrected chi connectivity index (χ4v) is 3.36. The van der Waals surface area contributed by atoms with E-state index < -0.39 is 0 Å². The lowest BCUT2D eigenvalue weighted by Crippen LogP contribution is -2.01. The molecule has 0 aliphatic carbocycles. The summed E-state index contributed by atoms with van der Waals surface area (Å²) in [5.41, 5.74) is 1.18. The van der Waals surface area contributed by atoms with Crippen LogP contribution in [0.4, 0.5) is 0 Å². The van der Waals surface area contributed by atoms with E-state index in [0.717, 1.165) is 37.6 Å². The van der Waals surface area contributed by atoms with Crippen LogP contribution >= 0.6 is 0 Å². The van der Waals surface area contributed by atoms with Gasteiger partial charge in [-0.1, -0.05) is 90.9 Å². The van der Waals surface area contributed by atoms with Gasteiger partial charge in [0.25, 0.3) is 0 Å². The third kappa shape index (κ3) is 12.8. The lowest BCUT2D eigenvalue weighted by Gasteiger charge is -2.12. The van der Waals surface area contributed by atoms with Gasteiger partial charge in [-0.05, 0) is 43.5 Å². The molecule has 0 heterocycles. The average molecular weight is 377 g/mol. The molecule has 0 aliphatic heterocycles. The summed E-state index contributed by atoms with van der Waals surface area (Å²) in [4.78, 5) is 0. The summed E-state index contributed by atoms with van der Waals surface area (Å²) in [6.07, 6.45) is 18.5. The van der Waals surface area contributed by atoms with Gasteiger partial charge in [-0.3, -0.25) is 0 Å². The number of hydrogen-bond acceptors (Lipinski definition) is 2. The van der Waals surface area contributed by atoms with Crippen molar-refractivity contribution in [3.63, 3.8) is 0 Å². The minimum Gasteiger partial charge on any atom is -0.494 e. The number of aryl methyl sites for hydroxylation is 1. The fourth-order valence-electron chi connectivity index (χ4n) is 3.36. The number of unbranched alkanes of at least 4 members (excludes halogenated alkanes) is 12. The maximum absolute atomic E-state index is 5.95. The summed E-state index contributed by atoms with van der Waals surface area (Å²) >= 11 is 0. The van der Waals surface area contributed by atoms with Crippen molar-refractivity contribution in [2.75, 3.05) is 13.2 Å². The second-order valence-corrected chi connectivity index (χ2v) is 7.87. The van der Waals surface area contributed by atoms with Crippen LogP contribution in [0.15, 0.2) is 18.2 Å². The van der Waals surface area contributed by atoms with Crippen LogP contribution in [0, 0.1) is 6.92 Å². The Kier molecular flexibility index (Phi) is 15.0. The van der Waals surface area contributed by atoms with Gasteiger partial charge < -0.3 is 9.47 Å². The lowest BCUT2D eigenvalue weighted by atomic mass is 10.1. The van der Waals surface area contributed by atoms with Crippen LogP contribution in [0.25, 0.3) is 0 Å². The third-order valence-corrected chi connectivity index (χ3v) is 5.17. The molecule has 1 rings (SSSR count). The van der Waals surface area contributed by atoms with Gasteiger partial charge in [0.2, 0.25) is 0 Å². The Hall–Kier alpha value is -1.18. The van der Waals surface area contributed by atoms with Crippen molar-refractivity contribution in [2.45, 2.75) is 111 Å². The van der Waals surface area contributed by atoms with Crippen molar-refractivity contribution in [1.82, 2.24) is 0 Å². The van der Waals surface area contributed by atoms with Gasteiger partial charge in [0.05, 0.1) is 13.2 Å². The molecule has 0 saturated carbocycles. The molecule has 0 unspecified atom stereocenters. The first-order chi connectivity index (χ1) is 13.3. The van der Waals surface area contributed by atoms with Gasteiger partial charge in [0.1, 0.15) is 11.5 Å². The molecule has 0 fully saturated rings. The van der Waals surface area contributed by atoms with E-state index >= 15 is 0 Å². The molecule has 2 nitrogen and oxygen atoms in total. The fraction of sp³-hybridized carbons (Fsp3) is 0.760. The normalized spacial score (nSPS) is 10.9. The van der Waals surface area contributed by atoms with Gasteiger partial charge in [-0.15, -0.1) is 0 Å². The van der Waals surface area contributed by atoms with E-state index in [2.05, 4.69) is 32.9 Å². The molecule has 0 aromatic heterocycles. The Labute approximate surface area is 169 Å². The molecule has 0 saturated heterocycles. The topological polar surface area (TPSA) is 18.5 Å². The summed E-state index contributed by atoms with van der Waals surface area (Å²) in [5, 5.41) is 0. The van der Waals surface area contributed by atoms with Crippen molar-refractivity contribution < 1.29 is 9.47 Å². The maximum Gasteiger partial charge on any atom is 0.122 e. The molecule has 0 N–H and O–H groups in total. The highest BCUT2D eigenvalue weighted by Crippen LogP contribution is 2.24. The van der Waals surface area contributed by atoms with Crippen LogP contribution in [0.5, 0.6) is 11.5 Å². The van der Waals surface area contributed by atoms with Crippen LogP contribution in [-0.4, -0.2) is 13.2 Å². The van der Waals surface area contributed by atoms with Crippen LogP contribution < -0.4 is 9.47 Å². The van der Waals surface area contributed by atoms with Crippen molar-refractivity contribution in [2.24, 2.45) is 0 Å². The molecule has 0 atom stereocenters. The van der Waals surface area contributed by atoms with Gasteiger partial charge in [-0.2, -0.15) is 0 Å². The second kappa shape index (κ2) is 17.0. The summed E-state index contributed by atoms with van der Waals surface area (Å²) in [6, 6.07) is 6.23. The highest BCUT2D eigenvalue weighted by Gasteiger charge is 2.02.